The quantitative estimate of drug-likeness (QED) is 0.136. The number of nitrogens with one attached hydrogen (secondary N) is 3. The number of rotatable bonds is 11. The standard InChI is InChI=1S/C12H26N6O5/c1-6(19)9(11(22)23)18-8(20)5-17-10(21)7(13)3-2-4-16-12(14)15/h6-7,9,12,16,19H,2-5,13-15H2,1H3,(H,17,21)(H,18,20)(H,22,23)/t6-,7+,9+/m1/s1. The fourth-order valence-electron chi connectivity index (χ4n) is 1.63. The van der Waals surface area contributed by atoms with Crippen LogP contribution in [0.1, 0.15) is 19.8 Å². The van der Waals surface area contributed by atoms with Gasteiger partial charge >= 0.3 is 5.97 Å². The van der Waals surface area contributed by atoms with Gasteiger partial charge in [-0.25, -0.2) is 4.79 Å². The maximum absolute atomic E-state index is 11.7. The van der Waals surface area contributed by atoms with Gasteiger partial charge in [0, 0.05) is 0 Å². The molecular formula is C12H26N6O5. The normalized spacial score (nSPS) is 14.9. The molecule has 0 fully saturated rings. The Morgan fingerprint density at radius 1 is 1.17 bits per heavy atom. The van der Waals surface area contributed by atoms with Crippen molar-refractivity contribution in [1.82, 2.24) is 16.0 Å². The van der Waals surface area contributed by atoms with E-state index in [-0.39, 0.29) is 0 Å². The highest BCUT2D eigenvalue weighted by molar-refractivity contribution is 5.89. The summed E-state index contributed by atoms with van der Waals surface area (Å²) in [5.41, 5.74) is 16.2. The third kappa shape index (κ3) is 9.76. The van der Waals surface area contributed by atoms with E-state index in [1.807, 2.05) is 0 Å². The summed E-state index contributed by atoms with van der Waals surface area (Å²) in [7, 11) is 0. The molecule has 0 aromatic carbocycles. The van der Waals surface area contributed by atoms with E-state index in [0.29, 0.717) is 19.4 Å². The molecule has 0 aromatic heterocycles. The molecular weight excluding hydrogens is 308 g/mol. The zero-order chi connectivity index (χ0) is 18.0. The Labute approximate surface area is 133 Å². The van der Waals surface area contributed by atoms with Crippen molar-refractivity contribution in [2.45, 2.75) is 44.2 Å². The predicted molar refractivity (Wildman–Crippen MR) is 81.6 cm³/mol. The molecule has 11 heteroatoms. The highest BCUT2D eigenvalue weighted by Gasteiger charge is 2.25. The van der Waals surface area contributed by atoms with Crippen molar-refractivity contribution in [3.63, 3.8) is 0 Å². The van der Waals surface area contributed by atoms with Gasteiger partial charge in [0.25, 0.3) is 0 Å². The van der Waals surface area contributed by atoms with E-state index in [4.69, 9.17) is 22.3 Å². The molecule has 3 atom stereocenters. The van der Waals surface area contributed by atoms with Crippen molar-refractivity contribution in [3.8, 4) is 0 Å². The Kier molecular flexibility index (Phi) is 10.0. The number of aliphatic hydroxyl groups excluding tert-OH is 1. The minimum absolute atomic E-state index is 0.360. The van der Waals surface area contributed by atoms with Crippen molar-refractivity contribution < 1.29 is 24.6 Å². The number of amides is 2. The molecule has 0 aliphatic heterocycles. The van der Waals surface area contributed by atoms with E-state index >= 15 is 0 Å². The Balaban J connectivity index is 4.07. The van der Waals surface area contributed by atoms with Crippen LogP contribution >= 0.6 is 0 Å². The first-order chi connectivity index (χ1) is 10.6. The molecule has 0 rings (SSSR count). The van der Waals surface area contributed by atoms with Gasteiger partial charge in [-0.1, -0.05) is 0 Å². The molecule has 0 radical (unpaired) electrons. The molecule has 0 spiro atoms. The van der Waals surface area contributed by atoms with Crippen LogP contribution in [-0.4, -0.2) is 65.6 Å². The minimum atomic E-state index is -1.44. The van der Waals surface area contributed by atoms with Crippen molar-refractivity contribution in [2.24, 2.45) is 17.2 Å². The van der Waals surface area contributed by atoms with Gasteiger partial charge in [-0.15, -0.1) is 0 Å². The Hall–Kier alpha value is -1.79. The lowest BCUT2D eigenvalue weighted by Crippen LogP contribution is -2.52. The van der Waals surface area contributed by atoms with Crippen LogP contribution < -0.4 is 33.2 Å². The average Bonchev–Trinajstić information content (AvgIpc) is 2.45. The molecule has 134 valence electrons. The summed E-state index contributed by atoms with van der Waals surface area (Å²) in [5.74, 6) is -2.65. The monoisotopic (exact) mass is 334 g/mol. The van der Waals surface area contributed by atoms with E-state index in [0.717, 1.165) is 0 Å². The molecule has 0 saturated heterocycles. The predicted octanol–water partition coefficient (Wildman–Crippen LogP) is -4.05. The van der Waals surface area contributed by atoms with Crippen molar-refractivity contribution >= 4 is 17.8 Å². The second-order valence-corrected chi connectivity index (χ2v) is 5.07. The van der Waals surface area contributed by atoms with Crippen LogP contribution in [0.25, 0.3) is 0 Å². The molecule has 0 bridgehead atoms. The van der Waals surface area contributed by atoms with Gasteiger partial charge in [0.2, 0.25) is 11.8 Å². The zero-order valence-corrected chi connectivity index (χ0v) is 13.0. The molecule has 0 aromatic rings. The lowest BCUT2D eigenvalue weighted by Gasteiger charge is -2.18. The van der Waals surface area contributed by atoms with Crippen LogP contribution in [0, 0.1) is 0 Å². The largest absolute Gasteiger partial charge is 0.480 e. The molecule has 0 unspecified atom stereocenters. The molecule has 11 N–H and O–H groups in total. The lowest BCUT2D eigenvalue weighted by molar-refractivity contribution is -0.144. The number of carbonyl (C=O) groups is 3. The van der Waals surface area contributed by atoms with Gasteiger partial charge < -0.3 is 38.0 Å². The molecule has 0 aliphatic rings. The third-order valence-electron chi connectivity index (χ3n) is 2.90. The fourth-order valence-corrected chi connectivity index (χ4v) is 1.63. The third-order valence-corrected chi connectivity index (χ3v) is 2.90. The van der Waals surface area contributed by atoms with E-state index < -0.39 is 48.8 Å². The number of nitrogens with two attached hydrogens (primary N) is 3. The second-order valence-electron chi connectivity index (χ2n) is 5.07. The Morgan fingerprint density at radius 3 is 2.26 bits per heavy atom. The smallest absolute Gasteiger partial charge is 0.328 e. The number of carbonyl (C=O) groups excluding carboxylic acids is 2. The lowest BCUT2D eigenvalue weighted by atomic mass is 10.1. The first-order valence-electron chi connectivity index (χ1n) is 7.13. The van der Waals surface area contributed by atoms with Crippen molar-refractivity contribution in [3.05, 3.63) is 0 Å². The number of hydrogen-bond donors (Lipinski definition) is 8. The average molecular weight is 334 g/mol. The summed E-state index contributed by atoms with van der Waals surface area (Å²) in [6.45, 7) is 1.29. The number of hydrogen-bond acceptors (Lipinski definition) is 8. The first kappa shape index (κ1) is 21.2. The summed E-state index contributed by atoms with van der Waals surface area (Å²) in [6, 6.07) is -2.26. The molecule has 23 heavy (non-hydrogen) atoms. The van der Waals surface area contributed by atoms with Crippen LogP contribution in [-0.2, 0) is 14.4 Å². The van der Waals surface area contributed by atoms with E-state index in [1.165, 1.54) is 6.92 Å². The van der Waals surface area contributed by atoms with Crippen molar-refractivity contribution in [1.29, 1.82) is 0 Å². The highest BCUT2D eigenvalue weighted by atomic mass is 16.4. The van der Waals surface area contributed by atoms with Gasteiger partial charge in [0.1, 0.15) is 6.29 Å². The summed E-state index contributed by atoms with van der Waals surface area (Å²) in [6.07, 6.45) is -0.983. The van der Waals surface area contributed by atoms with Gasteiger partial charge in [-0.05, 0) is 26.3 Å². The van der Waals surface area contributed by atoms with Crippen LogP contribution in [0.5, 0.6) is 0 Å². The Morgan fingerprint density at radius 2 is 1.78 bits per heavy atom. The second kappa shape index (κ2) is 10.9. The van der Waals surface area contributed by atoms with E-state index in [9.17, 15) is 19.5 Å². The summed E-state index contributed by atoms with van der Waals surface area (Å²) >= 11 is 0. The number of carboxylic acid groups (broad SMARTS) is 1. The summed E-state index contributed by atoms with van der Waals surface area (Å²) in [5, 5.41) is 25.2. The van der Waals surface area contributed by atoms with Gasteiger partial charge in [0.05, 0.1) is 18.7 Å². The van der Waals surface area contributed by atoms with Crippen LogP contribution in [0.4, 0.5) is 0 Å². The van der Waals surface area contributed by atoms with E-state index in [2.05, 4.69) is 16.0 Å². The Bertz CT molecular complexity index is 403. The molecule has 0 aliphatic carbocycles. The number of aliphatic carboxylic acids is 1. The van der Waals surface area contributed by atoms with Gasteiger partial charge in [0.15, 0.2) is 6.04 Å². The zero-order valence-electron chi connectivity index (χ0n) is 13.0. The van der Waals surface area contributed by atoms with Crippen LogP contribution in [0.15, 0.2) is 0 Å². The summed E-state index contributed by atoms with van der Waals surface area (Å²) in [4.78, 5) is 34.0. The topological polar surface area (TPSA) is 206 Å². The van der Waals surface area contributed by atoms with Crippen LogP contribution in [0.2, 0.25) is 0 Å². The molecule has 2 amide bonds. The number of carboxylic acids is 1. The van der Waals surface area contributed by atoms with E-state index in [1.54, 1.807) is 0 Å². The van der Waals surface area contributed by atoms with Gasteiger partial charge in [-0.3, -0.25) is 14.9 Å². The molecule has 0 saturated carbocycles. The SMILES string of the molecule is C[C@@H](O)[C@H](NC(=O)CNC(=O)[C@@H](N)CCCNC(N)N)C(=O)O. The first-order valence-corrected chi connectivity index (χ1v) is 7.13. The fraction of sp³-hybridized carbons (Fsp3) is 0.750. The maximum atomic E-state index is 11.7. The summed E-state index contributed by atoms with van der Waals surface area (Å²) < 4.78 is 0. The minimum Gasteiger partial charge on any atom is -0.480 e. The van der Waals surface area contributed by atoms with Crippen molar-refractivity contribution in [2.75, 3.05) is 13.1 Å². The molecule has 0 heterocycles. The maximum Gasteiger partial charge on any atom is 0.328 e. The van der Waals surface area contributed by atoms with Crippen LogP contribution in [0.3, 0.4) is 0 Å². The highest BCUT2D eigenvalue weighted by Crippen LogP contribution is 1.95. The number of aliphatic hydroxyl groups is 1. The van der Waals surface area contributed by atoms with Gasteiger partial charge in [-0.2, -0.15) is 0 Å². The molecule has 11 nitrogen and oxygen atoms in total.